The first kappa shape index (κ1) is 21.0. The van der Waals surface area contributed by atoms with Crippen LogP contribution in [0.2, 0.25) is 0 Å². The maximum absolute atomic E-state index is 13.5. The largest absolute Gasteiger partial charge is 0.504 e. The Labute approximate surface area is 195 Å². The van der Waals surface area contributed by atoms with E-state index in [1.54, 1.807) is 6.07 Å². The fourth-order valence-corrected chi connectivity index (χ4v) is 9.36. The lowest BCUT2D eigenvalue weighted by atomic mass is 9.34. The maximum atomic E-state index is 13.5. The lowest BCUT2D eigenvalue weighted by Crippen LogP contribution is -2.82. The molecule has 0 aromatic heterocycles. The molecule has 4 bridgehead atoms. The lowest BCUT2D eigenvalue weighted by molar-refractivity contribution is -0.307. The summed E-state index contributed by atoms with van der Waals surface area (Å²) in [6.07, 6.45) is 6.97. The van der Waals surface area contributed by atoms with Crippen molar-refractivity contribution in [1.29, 1.82) is 0 Å². The van der Waals surface area contributed by atoms with E-state index < -0.39 is 17.9 Å². The second kappa shape index (κ2) is 6.44. The van der Waals surface area contributed by atoms with Crippen molar-refractivity contribution >= 4 is 0 Å². The van der Waals surface area contributed by atoms with Gasteiger partial charge in [0.25, 0.3) is 0 Å². The van der Waals surface area contributed by atoms with Gasteiger partial charge < -0.3 is 19.7 Å². The number of likely N-dealkylation sites (tertiary alicyclic amines) is 1. The molecule has 2 aliphatic heterocycles. The molecule has 4 saturated carbocycles. The quantitative estimate of drug-likeness (QED) is 0.682. The molecule has 6 heteroatoms. The molecular weight excluding hydrogens is 421 g/mol. The van der Waals surface area contributed by atoms with E-state index in [-0.39, 0.29) is 35.2 Å². The fourth-order valence-electron chi connectivity index (χ4n) is 9.36. The number of ether oxygens (including phenoxy) is 2. The highest BCUT2D eigenvalue weighted by atomic mass is 19.1. The van der Waals surface area contributed by atoms with Crippen molar-refractivity contribution in [1.82, 2.24) is 4.90 Å². The zero-order chi connectivity index (χ0) is 22.8. The van der Waals surface area contributed by atoms with Gasteiger partial charge in [0.1, 0.15) is 18.4 Å². The smallest absolute Gasteiger partial charge is 0.165 e. The summed E-state index contributed by atoms with van der Waals surface area (Å²) in [6.45, 7) is 5.44. The van der Waals surface area contributed by atoms with E-state index in [2.05, 4.69) is 11.0 Å². The highest BCUT2D eigenvalue weighted by Gasteiger charge is 2.81. The number of fused-ring (bicyclic) bond motifs is 2. The van der Waals surface area contributed by atoms with Crippen molar-refractivity contribution < 1.29 is 24.1 Å². The van der Waals surface area contributed by atoms with Crippen LogP contribution in [0.15, 0.2) is 12.1 Å². The Morgan fingerprint density at radius 2 is 2.06 bits per heavy atom. The van der Waals surface area contributed by atoms with Crippen LogP contribution < -0.4 is 4.74 Å². The minimum atomic E-state index is -0.971. The van der Waals surface area contributed by atoms with Crippen LogP contribution in [0.1, 0.15) is 63.5 Å². The Hall–Kier alpha value is -1.37. The predicted octanol–water partition coefficient (Wildman–Crippen LogP) is 3.73. The molecule has 2 N–H and O–H groups in total. The van der Waals surface area contributed by atoms with Gasteiger partial charge in [-0.2, -0.15) is 0 Å². The molecule has 5 nitrogen and oxygen atoms in total. The van der Waals surface area contributed by atoms with Crippen molar-refractivity contribution in [3.63, 3.8) is 0 Å². The zero-order valence-corrected chi connectivity index (χ0v) is 19.8. The van der Waals surface area contributed by atoms with Gasteiger partial charge in [0.15, 0.2) is 11.5 Å². The third kappa shape index (κ3) is 2.38. The number of aromatic hydroxyl groups is 1. The van der Waals surface area contributed by atoms with Crippen LogP contribution >= 0.6 is 0 Å². The number of hydrogen-bond donors (Lipinski definition) is 2. The minimum Gasteiger partial charge on any atom is -0.504 e. The van der Waals surface area contributed by atoms with Crippen LogP contribution in [0.5, 0.6) is 11.5 Å². The second-order valence-corrected chi connectivity index (χ2v) is 12.4. The van der Waals surface area contributed by atoms with E-state index in [0.29, 0.717) is 11.8 Å². The second-order valence-electron chi connectivity index (χ2n) is 12.4. The molecule has 2 heterocycles. The van der Waals surface area contributed by atoms with Crippen LogP contribution in [0.25, 0.3) is 0 Å². The number of phenols is 1. The molecule has 2 spiro atoms. The molecule has 7 aliphatic rings. The van der Waals surface area contributed by atoms with Gasteiger partial charge in [-0.25, -0.2) is 4.39 Å². The fraction of sp³-hybridized carbons (Fsp3) is 0.778. The first-order valence-corrected chi connectivity index (χ1v) is 13.0. The molecule has 180 valence electrons. The summed E-state index contributed by atoms with van der Waals surface area (Å²) < 4.78 is 26.7. The van der Waals surface area contributed by atoms with Gasteiger partial charge in [0, 0.05) is 34.9 Å². The third-order valence-corrected chi connectivity index (χ3v) is 10.6. The molecule has 6 atom stereocenters. The van der Waals surface area contributed by atoms with Gasteiger partial charge in [-0.1, -0.05) is 6.07 Å². The van der Waals surface area contributed by atoms with Crippen LogP contribution in [-0.4, -0.2) is 64.8 Å². The topological polar surface area (TPSA) is 62.2 Å². The minimum absolute atomic E-state index is 0.0158. The number of rotatable bonds is 6. The molecule has 1 saturated heterocycles. The molecule has 33 heavy (non-hydrogen) atoms. The van der Waals surface area contributed by atoms with Crippen LogP contribution in [0.4, 0.5) is 4.39 Å². The number of nitrogens with zero attached hydrogens (tertiary/aromatic N) is 1. The third-order valence-electron chi connectivity index (χ3n) is 10.6. The molecule has 0 amide bonds. The van der Waals surface area contributed by atoms with Gasteiger partial charge in [-0.05, 0) is 82.9 Å². The first-order chi connectivity index (χ1) is 15.8. The highest BCUT2D eigenvalue weighted by Crippen LogP contribution is 2.77. The first-order valence-electron chi connectivity index (χ1n) is 13.0. The molecule has 1 aromatic rings. The number of hydrogen-bond acceptors (Lipinski definition) is 5. The summed E-state index contributed by atoms with van der Waals surface area (Å²) in [4.78, 5) is 2.76. The van der Waals surface area contributed by atoms with Crippen molar-refractivity contribution in [3.05, 3.63) is 23.3 Å². The normalized spacial score (nSPS) is 42.8. The zero-order valence-electron chi connectivity index (χ0n) is 19.8. The summed E-state index contributed by atoms with van der Waals surface area (Å²) in [5, 5.41) is 22.3. The highest BCUT2D eigenvalue weighted by molar-refractivity contribution is 5.63. The van der Waals surface area contributed by atoms with E-state index in [1.807, 2.05) is 13.8 Å². The Balaban J connectivity index is 1.46. The van der Waals surface area contributed by atoms with Crippen molar-refractivity contribution in [2.24, 2.45) is 17.3 Å². The summed E-state index contributed by atoms with van der Waals surface area (Å²) in [5.41, 5.74) is 0.515. The number of alkyl halides is 1. The Kier molecular flexibility index (Phi) is 4.09. The number of aliphatic hydroxyl groups is 1. The summed E-state index contributed by atoms with van der Waals surface area (Å²) in [5.74, 6) is 1.51. The SMILES string of the molecule is CC(C)(O)[C@H]1C[C@@]23CC[C@@]1(OCCF)[C@@H]1Oc4c(O)ccc5c4[C@@]12CCN(CC1CC1)[C@@H]3C5. The molecule has 5 aliphatic carbocycles. The molecule has 5 fully saturated rings. The number of benzene rings is 1. The maximum Gasteiger partial charge on any atom is 0.165 e. The van der Waals surface area contributed by atoms with E-state index >= 15 is 0 Å². The number of piperidine rings is 1. The average Bonchev–Trinajstić information content (AvgIpc) is 3.52. The van der Waals surface area contributed by atoms with Crippen molar-refractivity contribution in [2.75, 3.05) is 26.4 Å². The Morgan fingerprint density at radius 1 is 1.24 bits per heavy atom. The van der Waals surface area contributed by atoms with E-state index in [0.717, 1.165) is 44.6 Å². The van der Waals surface area contributed by atoms with Crippen molar-refractivity contribution in [2.45, 2.75) is 87.6 Å². The van der Waals surface area contributed by atoms with Crippen LogP contribution in [-0.2, 0) is 16.6 Å². The van der Waals surface area contributed by atoms with Gasteiger partial charge in [-0.15, -0.1) is 0 Å². The molecular formula is C27H36FNO4. The van der Waals surface area contributed by atoms with Gasteiger partial charge in [0.2, 0.25) is 0 Å². The molecule has 0 radical (unpaired) electrons. The predicted molar refractivity (Wildman–Crippen MR) is 121 cm³/mol. The lowest BCUT2D eigenvalue weighted by Gasteiger charge is -2.75. The molecule has 0 unspecified atom stereocenters. The standard InChI is InChI=1S/C27H36FNO4/c1-24(2,31)19-14-25-7-8-27(19,32-12-10-28)23-26(25)9-11-29(15-16-3-4-16)20(25)13-17-5-6-18(30)22(33-23)21(17)26/h5-6,16,19-20,23,30-31H,3-4,7-15H2,1-2H3/t19-,20-,23-,25-,26+,27+/m1/s1. The van der Waals surface area contributed by atoms with Crippen LogP contribution in [0.3, 0.4) is 0 Å². The average molecular weight is 458 g/mol. The summed E-state index contributed by atoms with van der Waals surface area (Å²) in [6, 6.07) is 4.30. The molecule has 8 rings (SSSR count). The van der Waals surface area contributed by atoms with Crippen molar-refractivity contribution in [3.8, 4) is 11.5 Å². The van der Waals surface area contributed by atoms with Gasteiger partial charge in [-0.3, -0.25) is 4.90 Å². The van der Waals surface area contributed by atoms with Gasteiger partial charge >= 0.3 is 0 Å². The van der Waals surface area contributed by atoms with E-state index in [4.69, 9.17) is 9.47 Å². The summed E-state index contributed by atoms with van der Waals surface area (Å²) in [7, 11) is 0. The van der Waals surface area contributed by atoms with E-state index in [1.165, 1.54) is 30.5 Å². The Morgan fingerprint density at radius 3 is 2.79 bits per heavy atom. The number of phenolic OH excluding ortho intramolecular Hbond substituents is 1. The number of halogens is 1. The van der Waals surface area contributed by atoms with E-state index in [9.17, 15) is 14.6 Å². The molecule has 1 aromatic carbocycles. The monoisotopic (exact) mass is 457 g/mol. The summed E-state index contributed by atoms with van der Waals surface area (Å²) >= 11 is 0. The van der Waals surface area contributed by atoms with Gasteiger partial charge in [0.05, 0.1) is 12.2 Å². The Bertz CT molecular complexity index is 1000. The van der Waals surface area contributed by atoms with Crippen LogP contribution in [0, 0.1) is 17.3 Å².